The standard InChI is InChI=1S/C13H24N4S/c1-3-5-9-15-13(17-14)16-11(7-4-2)12-8-6-10-18-12/h6,8,10-11H,3-5,7,9,14H2,1-2H3,(H2,15,16,17). The highest BCUT2D eigenvalue weighted by molar-refractivity contribution is 7.10. The van der Waals surface area contributed by atoms with Crippen molar-refractivity contribution < 1.29 is 0 Å². The molecule has 0 amide bonds. The number of hydrazine groups is 1. The van der Waals surface area contributed by atoms with Crippen molar-refractivity contribution in [1.82, 2.24) is 10.7 Å². The van der Waals surface area contributed by atoms with E-state index in [4.69, 9.17) is 5.84 Å². The van der Waals surface area contributed by atoms with E-state index in [1.807, 2.05) is 0 Å². The predicted molar refractivity (Wildman–Crippen MR) is 79.6 cm³/mol. The molecular formula is C13H24N4S. The average molecular weight is 268 g/mol. The maximum Gasteiger partial charge on any atom is 0.206 e. The van der Waals surface area contributed by atoms with E-state index in [0.29, 0.717) is 12.0 Å². The Bertz CT molecular complexity index is 335. The Hall–Kier alpha value is -1.07. The van der Waals surface area contributed by atoms with Gasteiger partial charge in [0.1, 0.15) is 0 Å². The number of hydrogen-bond donors (Lipinski definition) is 3. The van der Waals surface area contributed by atoms with Crippen LogP contribution < -0.4 is 16.6 Å². The van der Waals surface area contributed by atoms with Crippen LogP contribution in [0.15, 0.2) is 22.5 Å². The lowest BCUT2D eigenvalue weighted by Gasteiger charge is -2.19. The highest BCUT2D eigenvalue weighted by Crippen LogP contribution is 2.22. The van der Waals surface area contributed by atoms with Gasteiger partial charge in [-0.1, -0.05) is 32.8 Å². The zero-order valence-corrected chi connectivity index (χ0v) is 12.1. The minimum Gasteiger partial charge on any atom is -0.348 e. The summed E-state index contributed by atoms with van der Waals surface area (Å²) in [7, 11) is 0. The van der Waals surface area contributed by atoms with Gasteiger partial charge in [0, 0.05) is 11.4 Å². The number of hydrogen-bond acceptors (Lipinski definition) is 3. The molecule has 0 aromatic carbocycles. The first-order chi connectivity index (χ1) is 8.81. The third-order valence-electron chi connectivity index (χ3n) is 2.69. The molecule has 102 valence electrons. The topological polar surface area (TPSA) is 62.4 Å². The summed E-state index contributed by atoms with van der Waals surface area (Å²) in [4.78, 5) is 5.77. The maximum atomic E-state index is 5.51. The van der Waals surface area contributed by atoms with E-state index < -0.39 is 0 Å². The van der Waals surface area contributed by atoms with Crippen LogP contribution in [0.2, 0.25) is 0 Å². The van der Waals surface area contributed by atoms with Crippen LogP contribution in [0, 0.1) is 0 Å². The summed E-state index contributed by atoms with van der Waals surface area (Å²) in [6, 6.07) is 4.53. The molecule has 4 N–H and O–H groups in total. The van der Waals surface area contributed by atoms with E-state index in [9.17, 15) is 0 Å². The quantitative estimate of drug-likeness (QED) is 0.234. The number of rotatable bonds is 7. The maximum absolute atomic E-state index is 5.51. The molecule has 1 heterocycles. The Kier molecular flexibility index (Phi) is 7.44. The van der Waals surface area contributed by atoms with Crippen LogP contribution in [-0.2, 0) is 0 Å². The normalized spacial score (nSPS) is 13.4. The van der Waals surface area contributed by atoms with Crippen LogP contribution in [0.5, 0.6) is 0 Å². The van der Waals surface area contributed by atoms with Gasteiger partial charge in [0.2, 0.25) is 5.96 Å². The molecule has 0 saturated carbocycles. The van der Waals surface area contributed by atoms with E-state index in [-0.39, 0.29) is 0 Å². The molecule has 1 unspecified atom stereocenters. The van der Waals surface area contributed by atoms with Gasteiger partial charge in [-0.05, 0) is 24.3 Å². The van der Waals surface area contributed by atoms with Crippen molar-refractivity contribution in [2.45, 2.75) is 45.6 Å². The van der Waals surface area contributed by atoms with Crippen LogP contribution in [0.1, 0.15) is 50.4 Å². The lowest BCUT2D eigenvalue weighted by molar-refractivity contribution is 0.578. The van der Waals surface area contributed by atoms with Crippen LogP contribution in [0.4, 0.5) is 0 Å². The summed E-state index contributed by atoms with van der Waals surface area (Å²) in [5.74, 6) is 6.20. The molecule has 0 radical (unpaired) electrons. The van der Waals surface area contributed by atoms with Gasteiger partial charge in [-0.3, -0.25) is 10.4 Å². The molecule has 0 aliphatic carbocycles. The highest BCUT2D eigenvalue weighted by Gasteiger charge is 2.12. The first kappa shape index (κ1) is 15.0. The monoisotopic (exact) mass is 268 g/mol. The van der Waals surface area contributed by atoms with Crippen LogP contribution in [0.25, 0.3) is 0 Å². The number of nitrogens with one attached hydrogen (secondary N) is 2. The molecule has 0 bridgehead atoms. The largest absolute Gasteiger partial charge is 0.348 e. The molecule has 0 fully saturated rings. The highest BCUT2D eigenvalue weighted by atomic mass is 32.1. The van der Waals surface area contributed by atoms with Gasteiger partial charge >= 0.3 is 0 Å². The summed E-state index contributed by atoms with van der Waals surface area (Å²) in [6.07, 6.45) is 4.44. The van der Waals surface area contributed by atoms with Gasteiger partial charge in [0.05, 0.1) is 6.04 Å². The first-order valence-electron chi connectivity index (χ1n) is 6.62. The smallest absolute Gasteiger partial charge is 0.206 e. The molecule has 0 spiro atoms. The van der Waals surface area contributed by atoms with Crippen molar-refractivity contribution in [3.8, 4) is 0 Å². The van der Waals surface area contributed by atoms with E-state index in [1.165, 1.54) is 4.88 Å². The fourth-order valence-electron chi connectivity index (χ4n) is 1.71. The molecule has 1 aromatic rings. The molecule has 0 aliphatic rings. The molecular weight excluding hydrogens is 244 g/mol. The number of guanidine groups is 1. The molecule has 1 atom stereocenters. The number of thiophene rings is 1. The summed E-state index contributed by atoms with van der Waals surface area (Å²) >= 11 is 1.77. The third-order valence-corrected chi connectivity index (χ3v) is 3.68. The van der Waals surface area contributed by atoms with Gasteiger partial charge in [-0.2, -0.15) is 0 Å². The molecule has 5 heteroatoms. The summed E-state index contributed by atoms with van der Waals surface area (Å²) in [6.45, 7) is 5.16. The minimum absolute atomic E-state index is 0.298. The number of nitrogens with zero attached hydrogens (tertiary/aromatic N) is 1. The van der Waals surface area contributed by atoms with Gasteiger partial charge in [-0.15, -0.1) is 11.3 Å². The molecule has 0 aliphatic heterocycles. The Morgan fingerprint density at radius 1 is 1.44 bits per heavy atom. The van der Waals surface area contributed by atoms with E-state index >= 15 is 0 Å². The fourth-order valence-corrected chi connectivity index (χ4v) is 2.52. The zero-order chi connectivity index (χ0) is 13.2. The second-order valence-electron chi connectivity index (χ2n) is 4.23. The first-order valence-corrected chi connectivity index (χ1v) is 7.50. The lowest BCUT2D eigenvalue weighted by atomic mass is 10.1. The fraction of sp³-hybridized carbons (Fsp3) is 0.615. The van der Waals surface area contributed by atoms with Gasteiger partial charge in [-0.25, -0.2) is 5.84 Å². The number of aliphatic imine (C=N–C) groups is 1. The molecule has 4 nitrogen and oxygen atoms in total. The van der Waals surface area contributed by atoms with Crippen LogP contribution in [0.3, 0.4) is 0 Å². The third kappa shape index (κ3) is 5.06. The van der Waals surface area contributed by atoms with Gasteiger partial charge in [0.25, 0.3) is 0 Å². The summed E-state index contributed by atoms with van der Waals surface area (Å²) < 4.78 is 0. The predicted octanol–water partition coefficient (Wildman–Crippen LogP) is 2.80. The van der Waals surface area contributed by atoms with Crippen molar-refractivity contribution >= 4 is 17.3 Å². The van der Waals surface area contributed by atoms with Crippen molar-refractivity contribution in [3.63, 3.8) is 0 Å². The zero-order valence-electron chi connectivity index (χ0n) is 11.3. The van der Waals surface area contributed by atoms with Crippen molar-refractivity contribution in [2.75, 3.05) is 6.54 Å². The second kappa shape index (κ2) is 8.94. The van der Waals surface area contributed by atoms with Crippen molar-refractivity contribution in [1.29, 1.82) is 0 Å². The van der Waals surface area contributed by atoms with Crippen molar-refractivity contribution in [3.05, 3.63) is 22.4 Å². The van der Waals surface area contributed by atoms with E-state index in [0.717, 1.165) is 32.2 Å². The SMILES string of the molecule is CCCCN=C(NN)NC(CCC)c1cccs1. The Morgan fingerprint density at radius 3 is 2.83 bits per heavy atom. The van der Waals surface area contributed by atoms with Crippen molar-refractivity contribution in [2.24, 2.45) is 10.8 Å². The second-order valence-corrected chi connectivity index (χ2v) is 5.21. The van der Waals surface area contributed by atoms with E-state index in [1.54, 1.807) is 11.3 Å². The Labute approximate surface area is 114 Å². The Morgan fingerprint density at radius 2 is 2.28 bits per heavy atom. The lowest BCUT2D eigenvalue weighted by Crippen LogP contribution is -2.43. The Balaban J connectivity index is 2.60. The van der Waals surface area contributed by atoms with Crippen LogP contribution >= 0.6 is 11.3 Å². The van der Waals surface area contributed by atoms with Gasteiger partial charge < -0.3 is 5.32 Å². The van der Waals surface area contributed by atoms with Gasteiger partial charge in [0.15, 0.2) is 0 Å². The molecule has 18 heavy (non-hydrogen) atoms. The average Bonchev–Trinajstić information content (AvgIpc) is 2.90. The summed E-state index contributed by atoms with van der Waals surface area (Å²) in [5.41, 5.74) is 2.66. The number of unbranched alkanes of at least 4 members (excludes halogenated alkanes) is 1. The molecule has 1 aromatic heterocycles. The molecule has 0 saturated heterocycles. The minimum atomic E-state index is 0.298. The van der Waals surface area contributed by atoms with Crippen LogP contribution in [-0.4, -0.2) is 12.5 Å². The van der Waals surface area contributed by atoms with E-state index in [2.05, 4.69) is 47.1 Å². The number of nitrogens with two attached hydrogens (primary N) is 1. The molecule has 1 rings (SSSR count). The summed E-state index contributed by atoms with van der Waals surface area (Å²) in [5, 5.41) is 5.49.